The Bertz CT molecular complexity index is 772. The van der Waals surface area contributed by atoms with Crippen LogP contribution in [0.15, 0.2) is 54.6 Å². The van der Waals surface area contributed by atoms with Crippen molar-refractivity contribution in [3.8, 4) is 0 Å². The Labute approximate surface area is 161 Å². The van der Waals surface area contributed by atoms with E-state index in [1.54, 1.807) is 36.0 Å². The monoisotopic (exact) mass is 390 g/mol. The third kappa shape index (κ3) is 5.16. The Morgan fingerprint density at radius 2 is 2.04 bits per heavy atom. The van der Waals surface area contributed by atoms with Crippen LogP contribution in [0.2, 0.25) is 5.02 Å². The van der Waals surface area contributed by atoms with E-state index in [4.69, 9.17) is 16.3 Å². The minimum absolute atomic E-state index is 0.0665. The van der Waals surface area contributed by atoms with Gasteiger partial charge in [0.25, 0.3) is 0 Å². The van der Waals surface area contributed by atoms with Gasteiger partial charge in [-0.3, -0.25) is 9.69 Å². The maximum atomic E-state index is 12.0. The fourth-order valence-electron chi connectivity index (χ4n) is 2.60. The highest BCUT2D eigenvalue weighted by Gasteiger charge is 2.32. The molecule has 0 aromatic heterocycles. The first-order valence-corrected chi connectivity index (χ1v) is 9.77. The van der Waals surface area contributed by atoms with Crippen LogP contribution in [0.5, 0.6) is 0 Å². The number of amides is 2. The largest absolute Gasteiger partial charge is 0.442 e. The summed E-state index contributed by atoms with van der Waals surface area (Å²) in [5, 5.41) is 3.38. The van der Waals surface area contributed by atoms with Crippen LogP contribution >= 0.6 is 23.4 Å². The molecule has 1 saturated heterocycles. The highest BCUT2D eigenvalue weighted by atomic mass is 35.5. The van der Waals surface area contributed by atoms with Gasteiger partial charge in [0, 0.05) is 16.5 Å². The highest BCUT2D eigenvalue weighted by Crippen LogP contribution is 2.24. The third-order valence-electron chi connectivity index (χ3n) is 3.87. The first-order chi connectivity index (χ1) is 12.6. The zero-order valence-electron chi connectivity index (χ0n) is 14.1. The molecule has 0 unspecified atom stereocenters. The number of cyclic esters (lactones) is 1. The molecule has 2 amide bonds. The number of nitrogens with one attached hydrogen (secondary N) is 1. The van der Waals surface area contributed by atoms with Crippen molar-refractivity contribution in [2.45, 2.75) is 11.9 Å². The summed E-state index contributed by atoms with van der Waals surface area (Å²) in [6, 6.07) is 17.0. The molecule has 26 heavy (non-hydrogen) atoms. The van der Waals surface area contributed by atoms with Gasteiger partial charge in [-0.15, -0.1) is 11.8 Å². The quantitative estimate of drug-likeness (QED) is 0.782. The number of anilines is 1. The molecule has 1 aliphatic rings. The molecule has 7 heteroatoms. The van der Waals surface area contributed by atoms with Gasteiger partial charge in [0.2, 0.25) is 5.91 Å². The number of nitrogens with zero attached hydrogens (tertiary/aromatic N) is 1. The number of thioether (sulfide) groups is 1. The average molecular weight is 391 g/mol. The van der Waals surface area contributed by atoms with Gasteiger partial charge in [0.1, 0.15) is 6.10 Å². The molecule has 5 nitrogen and oxygen atoms in total. The van der Waals surface area contributed by atoms with E-state index in [0.717, 1.165) is 5.75 Å². The summed E-state index contributed by atoms with van der Waals surface area (Å²) in [5.41, 5.74) is 1.88. The molecule has 136 valence electrons. The van der Waals surface area contributed by atoms with E-state index in [1.165, 1.54) is 10.5 Å². The van der Waals surface area contributed by atoms with Crippen LogP contribution < -0.4 is 10.2 Å². The van der Waals surface area contributed by atoms with Gasteiger partial charge in [-0.25, -0.2) is 4.79 Å². The van der Waals surface area contributed by atoms with E-state index in [2.05, 4.69) is 5.32 Å². The molecule has 0 spiro atoms. The summed E-state index contributed by atoms with van der Waals surface area (Å²) in [7, 11) is 0. The SMILES string of the molecule is O=C(CSCc1ccccc1)NC[C@H]1CN(c2cccc(Cl)c2)C(=O)O1. The third-order valence-corrected chi connectivity index (χ3v) is 5.10. The normalized spacial score (nSPS) is 16.4. The Hall–Kier alpha value is -2.18. The fraction of sp³-hybridized carbons (Fsp3) is 0.263. The minimum Gasteiger partial charge on any atom is -0.442 e. The summed E-state index contributed by atoms with van der Waals surface area (Å²) in [6.07, 6.45) is -0.797. The van der Waals surface area contributed by atoms with E-state index in [9.17, 15) is 9.59 Å². The van der Waals surface area contributed by atoms with Crippen molar-refractivity contribution in [1.29, 1.82) is 0 Å². The standard InChI is InChI=1S/C19H19ClN2O3S/c20-15-7-4-8-16(9-15)22-11-17(25-19(22)24)10-21-18(23)13-26-12-14-5-2-1-3-6-14/h1-9,17H,10-13H2,(H,21,23)/t17-/m0/s1. The molecule has 0 bridgehead atoms. The Morgan fingerprint density at radius 1 is 1.23 bits per heavy atom. The number of carbonyl (C=O) groups excluding carboxylic acids is 2. The number of benzene rings is 2. The first-order valence-electron chi connectivity index (χ1n) is 8.24. The Morgan fingerprint density at radius 3 is 2.81 bits per heavy atom. The van der Waals surface area contributed by atoms with Crippen molar-refractivity contribution in [2.75, 3.05) is 23.7 Å². The number of hydrogen-bond acceptors (Lipinski definition) is 4. The summed E-state index contributed by atoms with van der Waals surface area (Å²) in [6.45, 7) is 0.685. The molecule has 1 atom stereocenters. The van der Waals surface area contributed by atoms with Crippen LogP contribution in [0.1, 0.15) is 5.56 Å². The van der Waals surface area contributed by atoms with Crippen molar-refractivity contribution in [3.63, 3.8) is 0 Å². The maximum absolute atomic E-state index is 12.0. The zero-order chi connectivity index (χ0) is 18.4. The molecular weight excluding hydrogens is 372 g/mol. The number of carbonyl (C=O) groups is 2. The smallest absolute Gasteiger partial charge is 0.414 e. The van der Waals surface area contributed by atoms with E-state index < -0.39 is 6.09 Å². The Kier molecular flexibility index (Phi) is 6.41. The van der Waals surface area contributed by atoms with Gasteiger partial charge in [-0.05, 0) is 23.8 Å². The van der Waals surface area contributed by atoms with E-state index in [-0.39, 0.29) is 12.0 Å². The van der Waals surface area contributed by atoms with Crippen molar-refractivity contribution >= 4 is 41.1 Å². The number of rotatable bonds is 7. The molecule has 1 N–H and O–H groups in total. The number of ether oxygens (including phenoxy) is 1. The van der Waals surface area contributed by atoms with Gasteiger partial charge in [0.15, 0.2) is 0 Å². The van der Waals surface area contributed by atoms with E-state index in [1.807, 2.05) is 30.3 Å². The molecule has 1 fully saturated rings. The van der Waals surface area contributed by atoms with Crippen molar-refractivity contribution < 1.29 is 14.3 Å². The molecule has 2 aromatic rings. The molecular formula is C19H19ClN2O3S. The fourth-order valence-corrected chi connectivity index (χ4v) is 3.60. The lowest BCUT2D eigenvalue weighted by Gasteiger charge is -2.13. The highest BCUT2D eigenvalue weighted by molar-refractivity contribution is 7.99. The molecule has 1 aliphatic heterocycles. The Balaban J connectivity index is 1.41. The molecule has 0 saturated carbocycles. The molecule has 2 aromatic carbocycles. The second-order valence-electron chi connectivity index (χ2n) is 5.88. The lowest BCUT2D eigenvalue weighted by atomic mass is 10.2. The van der Waals surface area contributed by atoms with Gasteiger partial charge in [-0.2, -0.15) is 0 Å². The lowest BCUT2D eigenvalue weighted by Crippen LogP contribution is -2.35. The predicted molar refractivity (Wildman–Crippen MR) is 105 cm³/mol. The van der Waals surface area contributed by atoms with Gasteiger partial charge < -0.3 is 10.1 Å². The molecule has 0 aliphatic carbocycles. The van der Waals surface area contributed by atoms with Crippen molar-refractivity contribution in [2.24, 2.45) is 0 Å². The minimum atomic E-state index is -0.426. The molecule has 0 radical (unpaired) electrons. The summed E-state index contributed by atoms with van der Waals surface area (Å²) in [4.78, 5) is 25.5. The maximum Gasteiger partial charge on any atom is 0.414 e. The number of hydrogen-bond donors (Lipinski definition) is 1. The van der Waals surface area contributed by atoms with Crippen LogP contribution in [0, 0.1) is 0 Å². The van der Waals surface area contributed by atoms with Crippen LogP contribution in [0.4, 0.5) is 10.5 Å². The van der Waals surface area contributed by atoms with Crippen molar-refractivity contribution in [3.05, 3.63) is 65.2 Å². The summed E-state index contributed by atoms with van der Waals surface area (Å²) in [5.74, 6) is 1.09. The molecule has 1 heterocycles. The van der Waals surface area contributed by atoms with Crippen LogP contribution in [-0.4, -0.2) is 36.9 Å². The predicted octanol–water partition coefficient (Wildman–Crippen LogP) is 3.71. The van der Waals surface area contributed by atoms with Gasteiger partial charge >= 0.3 is 6.09 Å². The van der Waals surface area contributed by atoms with E-state index in [0.29, 0.717) is 29.6 Å². The molecule has 3 rings (SSSR count). The topological polar surface area (TPSA) is 58.6 Å². The zero-order valence-corrected chi connectivity index (χ0v) is 15.6. The van der Waals surface area contributed by atoms with E-state index >= 15 is 0 Å². The van der Waals surface area contributed by atoms with Crippen LogP contribution in [0.3, 0.4) is 0 Å². The van der Waals surface area contributed by atoms with Crippen LogP contribution in [0.25, 0.3) is 0 Å². The first kappa shape index (κ1) is 18.6. The van der Waals surface area contributed by atoms with Gasteiger partial charge in [-0.1, -0.05) is 48.0 Å². The number of halogens is 1. The summed E-state index contributed by atoms with van der Waals surface area (Å²) < 4.78 is 5.31. The van der Waals surface area contributed by atoms with Crippen LogP contribution in [-0.2, 0) is 15.3 Å². The average Bonchev–Trinajstić information content (AvgIpc) is 3.02. The second-order valence-corrected chi connectivity index (χ2v) is 7.30. The summed E-state index contributed by atoms with van der Waals surface area (Å²) >= 11 is 7.52. The van der Waals surface area contributed by atoms with Crippen molar-refractivity contribution in [1.82, 2.24) is 5.32 Å². The lowest BCUT2D eigenvalue weighted by molar-refractivity contribution is -0.118. The van der Waals surface area contributed by atoms with Gasteiger partial charge in [0.05, 0.1) is 18.8 Å². The second kappa shape index (κ2) is 8.96.